The first-order valence-electron chi connectivity index (χ1n) is 4.99. The fourth-order valence-corrected chi connectivity index (χ4v) is 2.08. The van der Waals surface area contributed by atoms with Crippen molar-refractivity contribution in [1.82, 2.24) is 9.36 Å². The van der Waals surface area contributed by atoms with E-state index in [1.807, 2.05) is 7.05 Å². The van der Waals surface area contributed by atoms with Crippen molar-refractivity contribution in [3.63, 3.8) is 0 Å². The van der Waals surface area contributed by atoms with Crippen LogP contribution in [0.3, 0.4) is 0 Å². The highest BCUT2D eigenvalue weighted by atomic mass is 35.5. The van der Waals surface area contributed by atoms with Gasteiger partial charge in [0.25, 0.3) is 0 Å². The van der Waals surface area contributed by atoms with Crippen LogP contribution in [0.1, 0.15) is 33.5 Å². The van der Waals surface area contributed by atoms with Crippen LogP contribution >= 0.6 is 23.1 Å². The first-order chi connectivity index (χ1) is 6.86. The summed E-state index contributed by atoms with van der Waals surface area (Å²) in [5.74, 6) is 1.50. The number of hydrogen-bond donors (Lipinski definition) is 0. The summed E-state index contributed by atoms with van der Waals surface area (Å²) < 4.78 is 4.37. The summed E-state index contributed by atoms with van der Waals surface area (Å²) >= 11 is 7.24. The first kappa shape index (κ1) is 12.7. The Kier molecular flexibility index (Phi) is 3.95. The van der Waals surface area contributed by atoms with E-state index in [0.29, 0.717) is 5.88 Å². The molecule has 86 valence electrons. The second-order valence-corrected chi connectivity index (χ2v) is 5.80. The van der Waals surface area contributed by atoms with E-state index in [2.05, 4.69) is 42.0 Å². The molecular weight excluding hydrogens is 230 g/mol. The van der Waals surface area contributed by atoms with Crippen molar-refractivity contribution in [2.75, 3.05) is 17.8 Å². The largest absolute Gasteiger partial charge is 0.346 e. The molecule has 0 N–H and O–H groups in total. The minimum absolute atomic E-state index is 0.0137. The molecule has 0 bridgehead atoms. The molecule has 0 saturated carbocycles. The Morgan fingerprint density at radius 1 is 1.47 bits per heavy atom. The topological polar surface area (TPSA) is 29.0 Å². The molecule has 0 amide bonds. The summed E-state index contributed by atoms with van der Waals surface area (Å²) in [5, 5.41) is 0.938. The number of hydrogen-bond acceptors (Lipinski definition) is 4. The van der Waals surface area contributed by atoms with Gasteiger partial charge in [0.1, 0.15) is 5.82 Å². The number of aromatic nitrogens is 2. The standard InChI is InChI=1S/C10H18ClN3S/c1-7(6-11)14(5)9-12-8(13-15-9)10(2,3)4/h7H,6H2,1-5H3. The van der Waals surface area contributed by atoms with Crippen molar-refractivity contribution in [3.05, 3.63) is 5.82 Å². The van der Waals surface area contributed by atoms with Crippen LogP contribution in [0.15, 0.2) is 0 Å². The Hall–Kier alpha value is -0.350. The van der Waals surface area contributed by atoms with E-state index in [-0.39, 0.29) is 11.5 Å². The number of nitrogens with zero attached hydrogens (tertiary/aromatic N) is 3. The van der Waals surface area contributed by atoms with Crippen LogP contribution in [0.25, 0.3) is 0 Å². The van der Waals surface area contributed by atoms with Crippen molar-refractivity contribution in [3.8, 4) is 0 Å². The van der Waals surface area contributed by atoms with Gasteiger partial charge in [0, 0.05) is 35.9 Å². The Bertz CT molecular complexity index is 319. The van der Waals surface area contributed by atoms with E-state index in [1.54, 1.807) is 0 Å². The molecule has 0 aliphatic rings. The quantitative estimate of drug-likeness (QED) is 0.770. The van der Waals surface area contributed by atoms with E-state index < -0.39 is 0 Å². The third-order valence-corrected chi connectivity index (χ3v) is 3.53. The first-order valence-corrected chi connectivity index (χ1v) is 6.30. The monoisotopic (exact) mass is 247 g/mol. The van der Waals surface area contributed by atoms with Crippen LogP contribution in [0.2, 0.25) is 0 Å². The summed E-state index contributed by atoms with van der Waals surface area (Å²) in [6.07, 6.45) is 0. The highest BCUT2D eigenvalue weighted by Gasteiger charge is 2.21. The van der Waals surface area contributed by atoms with Crippen molar-refractivity contribution in [2.45, 2.75) is 39.2 Å². The van der Waals surface area contributed by atoms with Gasteiger partial charge in [-0.1, -0.05) is 20.8 Å². The normalized spacial score (nSPS) is 14.0. The van der Waals surface area contributed by atoms with E-state index >= 15 is 0 Å². The van der Waals surface area contributed by atoms with Gasteiger partial charge in [-0.25, -0.2) is 4.98 Å². The number of rotatable bonds is 3. The molecular formula is C10H18ClN3S. The molecule has 1 heterocycles. The number of anilines is 1. The van der Waals surface area contributed by atoms with Gasteiger partial charge in [-0.3, -0.25) is 0 Å². The molecule has 1 aromatic rings. The van der Waals surface area contributed by atoms with Crippen LogP contribution in [0, 0.1) is 0 Å². The van der Waals surface area contributed by atoms with Gasteiger partial charge in [0.15, 0.2) is 0 Å². The van der Waals surface area contributed by atoms with Crippen molar-refractivity contribution in [2.24, 2.45) is 0 Å². The summed E-state index contributed by atoms with van der Waals surface area (Å²) in [5.41, 5.74) is 0.0137. The van der Waals surface area contributed by atoms with E-state index in [4.69, 9.17) is 11.6 Å². The Balaban J connectivity index is 2.85. The van der Waals surface area contributed by atoms with Crippen LogP contribution in [-0.4, -0.2) is 28.3 Å². The van der Waals surface area contributed by atoms with Gasteiger partial charge in [-0.15, -0.1) is 11.6 Å². The average Bonchev–Trinajstić information content (AvgIpc) is 2.63. The minimum Gasteiger partial charge on any atom is -0.346 e. The van der Waals surface area contributed by atoms with Crippen LogP contribution in [0.4, 0.5) is 5.13 Å². The lowest BCUT2D eigenvalue weighted by Crippen LogP contribution is -2.30. The van der Waals surface area contributed by atoms with Crippen LogP contribution in [0.5, 0.6) is 0 Å². The highest BCUT2D eigenvalue weighted by molar-refractivity contribution is 7.09. The number of alkyl halides is 1. The minimum atomic E-state index is 0.0137. The fourth-order valence-electron chi connectivity index (χ4n) is 0.955. The third kappa shape index (κ3) is 3.05. The van der Waals surface area contributed by atoms with Crippen molar-refractivity contribution < 1.29 is 0 Å². The SMILES string of the molecule is CC(CCl)N(C)c1nc(C(C)(C)C)ns1. The summed E-state index contributed by atoms with van der Waals surface area (Å²) in [6.45, 7) is 8.42. The Morgan fingerprint density at radius 2 is 2.07 bits per heavy atom. The highest BCUT2D eigenvalue weighted by Crippen LogP contribution is 2.25. The van der Waals surface area contributed by atoms with Gasteiger partial charge in [0.2, 0.25) is 5.13 Å². The molecule has 0 saturated heterocycles. The molecule has 0 aromatic carbocycles. The van der Waals surface area contributed by atoms with Gasteiger partial charge in [-0.2, -0.15) is 4.37 Å². The molecule has 1 atom stereocenters. The fraction of sp³-hybridized carbons (Fsp3) is 0.800. The smallest absolute Gasteiger partial charge is 0.205 e. The zero-order valence-electron chi connectivity index (χ0n) is 9.91. The van der Waals surface area contributed by atoms with Gasteiger partial charge in [0.05, 0.1) is 0 Å². The van der Waals surface area contributed by atoms with E-state index in [1.165, 1.54) is 11.5 Å². The maximum Gasteiger partial charge on any atom is 0.205 e. The second kappa shape index (κ2) is 4.66. The molecule has 1 rings (SSSR count). The van der Waals surface area contributed by atoms with Gasteiger partial charge < -0.3 is 4.90 Å². The summed E-state index contributed by atoms with van der Waals surface area (Å²) in [6, 6.07) is 0.285. The van der Waals surface area contributed by atoms with Crippen LogP contribution in [-0.2, 0) is 5.41 Å². The van der Waals surface area contributed by atoms with Crippen LogP contribution < -0.4 is 4.90 Å². The van der Waals surface area contributed by atoms with E-state index in [9.17, 15) is 0 Å². The maximum atomic E-state index is 5.81. The zero-order valence-corrected chi connectivity index (χ0v) is 11.5. The molecule has 0 aliphatic carbocycles. The lowest BCUT2D eigenvalue weighted by Gasteiger charge is -2.21. The molecule has 15 heavy (non-hydrogen) atoms. The Labute approximate surface area is 101 Å². The molecule has 0 radical (unpaired) electrons. The summed E-state index contributed by atoms with van der Waals surface area (Å²) in [7, 11) is 2.00. The number of halogens is 1. The average molecular weight is 248 g/mol. The summed E-state index contributed by atoms with van der Waals surface area (Å²) in [4.78, 5) is 6.59. The molecule has 0 fully saturated rings. The molecule has 3 nitrogen and oxygen atoms in total. The lowest BCUT2D eigenvalue weighted by atomic mass is 9.96. The van der Waals surface area contributed by atoms with Crippen molar-refractivity contribution in [1.29, 1.82) is 0 Å². The van der Waals surface area contributed by atoms with Crippen molar-refractivity contribution >= 4 is 28.3 Å². The molecule has 1 aromatic heterocycles. The molecule has 5 heteroatoms. The van der Waals surface area contributed by atoms with E-state index in [0.717, 1.165) is 11.0 Å². The van der Waals surface area contributed by atoms with Gasteiger partial charge in [-0.05, 0) is 6.92 Å². The van der Waals surface area contributed by atoms with Gasteiger partial charge >= 0.3 is 0 Å². The second-order valence-electron chi connectivity index (χ2n) is 4.76. The molecule has 1 unspecified atom stereocenters. The maximum absolute atomic E-state index is 5.81. The zero-order chi connectivity index (χ0) is 11.6. The predicted octanol–water partition coefficient (Wildman–Crippen LogP) is 2.90. The Morgan fingerprint density at radius 3 is 2.47 bits per heavy atom. The predicted molar refractivity (Wildman–Crippen MR) is 67.2 cm³/mol. The molecule has 0 aliphatic heterocycles. The third-order valence-electron chi connectivity index (χ3n) is 2.27. The lowest BCUT2D eigenvalue weighted by molar-refractivity contribution is 0.554. The molecule has 0 spiro atoms.